The summed E-state index contributed by atoms with van der Waals surface area (Å²) in [5.74, 6) is -0.927. The Bertz CT molecular complexity index is 1480. The lowest BCUT2D eigenvalue weighted by Crippen LogP contribution is -2.74. The Morgan fingerprint density at radius 2 is 1.40 bits per heavy atom. The average Bonchev–Trinajstić information content (AvgIpc) is 2.93. The first-order chi connectivity index (χ1) is 19.1. The molecular formula is C31H30N4O5. The number of nitrogens with zero attached hydrogens (tertiary/aromatic N) is 4. The van der Waals surface area contributed by atoms with Crippen LogP contribution in [0.5, 0.6) is 0 Å². The maximum atomic E-state index is 14.7. The van der Waals surface area contributed by atoms with E-state index in [9.17, 15) is 24.5 Å². The number of rotatable bonds is 3. The van der Waals surface area contributed by atoms with Crippen LogP contribution in [0, 0.1) is 35.3 Å². The van der Waals surface area contributed by atoms with E-state index >= 15 is 0 Å². The highest BCUT2D eigenvalue weighted by molar-refractivity contribution is 6.39. The Kier molecular flexibility index (Phi) is 5.98. The topological polar surface area (TPSA) is 104 Å². The van der Waals surface area contributed by atoms with Gasteiger partial charge in [-0.15, -0.1) is 0 Å². The molecule has 3 aliphatic heterocycles. The van der Waals surface area contributed by atoms with E-state index in [1.807, 2.05) is 38.1 Å². The second-order valence-electron chi connectivity index (χ2n) is 11.3. The van der Waals surface area contributed by atoms with Crippen LogP contribution in [0.3, 0.4) is 0 Å². The van der Waals surface area contributed by atoms with E-state index in [0.717, 1.165) is 33.0 Å². The van der Waals surface area contributed by atoms with Crippen molar-refractivity contribution >= 4 is 40.6 Å². The number of amides is 4. The molecule has 0 N–H and O–H groups in total. The number of barbiturate groups is 1. The lowest BCUT2D eigenvalue weighted by atomic mass is 9.64. The molecule has 9 heteroatoms. The van der Waals surface area contributed by atoms with Gasteiger partial charge >= 0.3 is 6.03 Å². The number of hydrogen-bond acceptors (Lipinski definition) is 6. The molecule has 6 rings (SSSR count). The second kappa shape index (κ2) is 9.29. The van der Waals surface area contributed by atoms with Gasteiger partial charge in [0.05, 0.1) is 22.3 Å². The summed E-state index contributed by atoms with van der Waals surface area (Å²) in [6.45, 7) is 6.54. The molecule has 3 aromatic rings. The standard InChI is InChI=1S/C31H30N4O5/c1-19-4-8-23(9-5-19)33-28(36)31(29(37)34(30(33)38)24-10-6-20(2)7-11-24)18-22-17-25(35(39)40)12-13-26(22)32-15-14-21(3)16-27(31)32/h4-13,17,21,27H,14-16,18H2,1-3H3/t21-,27-/m0/s1. The summed E-state index contributed by atoms with van der Waals surface area (Å²) in [4.78, 5) is 59.0. The smallest absolute Gasteiger partial charge is 0.342 e. The number of benzene rings is 3. The molecular weight excluding hydrogens is 508 g/mol. The summed E-state index contributed by atoms with van der Waals surface area (Å²) in [5.41, 5.74) is 2.30. The molecule has 9 nitrogen and oxygen atoms in total. The van der Waals surface area contributed by atoms with E-state index in [4.69, 9.17) is 0 Å². The van der Waals surface area contributed by atoms with Crippen LogP contribution in [0.25, 0.3) is 0 Å². The predicted octanol–water partition coefficient (Wildman–Crippen LogP) is 5.56. The first-order valence-electron chi connectivity index (χ1n) is 13.5. The number of fused-ring (bicyclic) bond motifs is 4. The van der Waals surface area contributed by atoms with E-state index < -0.39 is 34.2 Å². The third-order valence-corrected chi connectivity index (χ3v) is 8.62. The SMILES string of the molecule is Cc1ccc(N2C(=O)N(c3ccc(C)cc3)C(=O)C3(Cc4cc([N+](=O)[O-])ccc4N4CC[C@H](C)C[C@H]43)C2=O)cc1. The number of hydrogen-bond donors (Lipinski definition) is 0. The van der Waals surface area contributed by atoms with Gasteiger partial charge in [-0.1, -0.05) is 42.3 Å². The molecule has 0 radical (unpaired) electrons. The van der Waals surface area contributed by atoms with Crippen molar-refractivity contribution in [1.82, 2.24) is 0 Å². The van der Waals surface area contributed by atoms with Gasteiger partial charge in [-0.3, -0.25) is 19.7 Å². The number of aryl methyl sites for hydroxylation is 2. The summed E-state index contributed by atoms with van der Waals surface area (Å²) in [7, 11) is 0. The van der Waals surface area contributed by atoms with Gasteiger partial charge in [0.1, 0.15) is 0 Å². The fraction of sp³-hybridized carbons (Fsp3) is 0.323. The first kappa shape index (κ1) is 25.7. The Balaban J connectivity index is 1.60. The number of carbonyl (C=O) groups excluding carboxylic acids is 3. The Morgan fingerprint density at radius 1 is 0.850 bits per heavy atom. The number of imide groups is 2. The summed E-state index contributed by atoms with van der Waals surface area (Å²) < 4.78 is 0. The molecule has 3 heterocycles. The third kappa shape index (κ3) is 3.79. The fourth-order valence-electron chi connectivity index (χ4n) is 6.47. The van der Waals surface area contributed by atoms with Crippen LogP contribution in [0.2, 0.25) is 0 Å². The Hall–Kier alpha value is -4.53. The third-order valence-electron chi connectivity index (χ3n) is 8.62. The van der Waals surface area contributed by atoms with E-state index in [-0.39, 0.29) is 18.0 Å². The van der Waals surface area contributed by atoms with Crippen molar-refractivity contribution < 1.29 is 19.3 Å². The molecule has 4 amide bonds. The molecule has 204 valence electrons. The summed E-state index contributed by atoms with van der Waals surface area (Å²) in [6, 6.07) is 17.6. The zero-order valence-electron chi connectivity index (χ0n) is 22.7. The van der Waals surface area contributed by atoms with Crippen molar-refractivity contribution in [2.75, 3.05) is 21.2 Å². The van der Waals surface area contributed by atoms with Crippen molar-refractivity contribution in [3.05, 3.63) is 93.5 Å². The average molecular weight is 539 g/mol. The highest BCUT2D eigenvalue weighted by Crippen LogP contribution is 2.51. The van der Waals surface area contributed by atoms with Crippen LogP contribution < -0.4 is 14.7 Å². The number of non-ortho nitro benzene ring substituents is 1. The predicted molar refractivity (Wildman–Crippen MR) is 151 cm³/mol. The molecule has 3 aromatic carbocycles. The molecule has 0 bridgehead atoms. The number of urea groups is 1. The van der Waals surface area contributed by atoms with Gasteiger partial charge in [-0.05, 0) is 68.5 Å². The minimum absolute atomic E-state index is 0.0342. The van der Waals surface area contributed by atoms with E-state index in [1.165, 1.54) is 12.1 Å². The van der Waals surface area contributed by atoms with Crippen molar-refractivity contribution in [3.8, 4) is 0 Å². The van der Waals surface area contributed by atoms with Crippen LogP contribution in [-0.4, -0.2) is 35.4 Å². The van der Waals surface area contributed by atoms with Gasteiger partial charge in [0.2, 0.25) is 0 Å². The zero-order valence-corrected chi connectivity index (χ0v) is 22.7. The number of carbonyl (C=O) groups is 3. The number of piperidine rings is 1. The summed E-state index contributed by atoms with van der Waals surface area (Å²) in [5, 5.41) is 11.7. The molecule has 0 unspecified atom stereocenters. The summed E-state index contributed by atoms with van der Waals surface area (Å²) in [6.07, 6.45) is 1.40. The maximum Gasteiger partial charge on any atom is 0.342 e. The minimum atomic E-state index is -1.65. The molecule has 2 atom stereocenters. The van der Waals surface area contributed by atoms with E-state index in [2.05, 4.69) is 11.8 Å². The highest BCUT2D eigenvalue weighted by atomic mass is 16.6. The monoisotopic (exact) mass is 538 g/mol. The zero-order chi connectivity index (χ0) is 28.3. The van der Waals surface area contributed by atoms with Crippen molar-refractivity contribution in [3.63, 3.8) is 0 Å². The minimum Gasteiger partial charge on any atom is -0.367 e. The van der Waals surface area contributed by atoms with Crippen LogP contribution in [0.4, 0.5) is 27.5 Å². The maximum absolute atomic E-state index is 14.7. The van der Waals surface area contributed by atoms with E-state index in [0.29, 0.717) is 29.9 Å². The van der Waals surface area contributed by atoms with Crippen LogP contribution in [-0.2, 0) is 16.0 Å². The molecule has 40 heavy (non-hydrogen) atoms. The van der Waals surface area contributed by atoms with Gasteiger partial charge in [0.25, 0.3) is 17.5 Å². The molecule has 2 fully saturated rings. The van der Waals surface area contributed by atoms with Gasteiger partial charge < -0.3 is 4.90 Å². The van der Waals surface area contributed by atoms with Crippen molar-refractivity contribution in [2.24, 2.45) is 11.3 Å². The molecule has 3 aliphatic rings. The molecule has 0 aromatic heterocycles. The van der Waals surface area contributed by atoms with Crippen LogP contribution >= 0.6 is 0 Å². The van der Waals surface area contributed by atoms with E-state index in [1.54, 1.807) is 30.3 Å². The molecule has 2 saturated heterocycles. The normalized spacial score (nSPS) is 21.9. The molecule has 0 saturated carbocycles. The van der Waals surface area contributed by atoms with Gasteiger partial charge in [0, 0.05) is 30.8 Å². The second-order valence-corrected chi connectivity index (χ2v) is 11.3. The van der Waals surface area contributed by atoms with Gasteiger partial charge in [-0.2, -0.15) is 0 Å². The summed E-state index contributed by atoms with van der Waals surface area (Å²) >= 11 is 0. The quantitative estimate of drug-likeness (QED) is 0.246. The Morgan fingerprint density at radius 3 is 1.93 bits per heavy atom. The number of nitro groups is 1. The lowest BCUT2D eigenvalue weighted by Gasteiger charge is -2.56. The van der Waals surface area contributed by atoms with Crippen LogP contribution in [0.15, 0.2) is 66.7 Å². The fourth-order valence-corrected chi connectivity index (χ4v) is 6.47. The highest BCUT2D eigenvalue weighted by Gasteiger charge is 2.65. The van der Waals surface area contributed by atoms with Crippen molar-refractivity contribution in [2.45, 2.75) is 46.1 Å². The number of anilines is 3. The Labute approximate surface area is 232 Å². The lowest BCUT2D eigenvalue weighted by molar-refractivity contribution is -0.384. The van der Waals surface area contributed by atoms with Gasteiger partial charge in [-0.25, -0.2) is 14.6 Å². The number of nitro benzene ring substituents is 1. The van der Waals surface area contributed by atoms with Gasteiger partial charge in [0.15, 0.2) is 5.41 Å². The van der Waals surface area contributed by atoms with Crippen molar-refractivity contribution in [1.29, 1.82) is 0 Å². The largest absolute Gasteiger partial charge is 0.367 e. The first-order valence-corrected chi connectivity index (χ1v) is 13.5. The molecule has 1 spiro atoms. The molecule has 0 aliphatic carbocycles. The van der Waals surface area contributed by atoms with Crippen LogP contribution in [0.1, 0.15) is 36.5 Å².